The van der Waals surface area contributed by atoms with E-state index in [0.717, 1.165) is 10.9 Å². The molecule has 1 heterocycles. The van der Waals surface area contributed by atoms with E-state index >= 15 is 0 Å². The summed E-state index contributed by atoms with van der Waals surface area (Å²) in [6, 6.07) is 6.39. The molecule has 0 amide bonds. The number of benzene rings is 1. The third kappa shape index (κ3) is 2.90. The van der Waals surface area contributed by atoms with Crippen molar-refractivity contribution in [2.45, 2.75) is 19.9 Å². The maximum atomic E-state index is 13.2. The second-order valence-corrected chi connectivity index (χ2v) is 6.67. The van der Waals surface area contributed by atoms with E-state index in [2.05, 4.69) is 0 Å². The van der Waals surface area contributed by atoms with E-state index in [1.54, 1.807) is 16.8 Å². The van der Waals surface area contributed by atoms with Crippen molar-refractivity contribution in [1.29, 1.82) is 0 Å². The fraction of sp³-hybridized carbons (Fsp3) is 0.385. The highest BCUT2D eigenvalue weighted by atomic mass is 32.2. The molecule has 0 fully saturated rings. The van der Waals surface area contributed by atoms with Crippen LogP contribution < -0.4 is 0 Å². The van der Waals surface area contributed by atoms with Gasteiger partial charge >= 0.3 is 0 Å². The number of hydrogen-bond donors (Lipinski definition) is 0. The third-order valence-electron chi connectivity index (χ3n) is 2.89. The predicted molar refractivity (Wildman–Crippen MR) is 70.8 cm³/mol. The second kappa shape index (κ2) is 5.10. The van der Waals surface area contributed by atoms with Crippen LogP contribution >= 0.6 is 0 Å². The molecule has 0 aliphatic carbocycles. The highest BCUT2D eigenvalue weighted by Gasteiger charge is 2.10. The molecule has 2 rings (SSSR count). The zero-order chi connectivity index (χ0) is 13.2. The van der Waals surface area contributed by atoms with Gasteiger partial charge in [-0.1, -0.05) is 6.92 Å². The number of aryl methyl sites for hydroxylation is 1. The molecule has 18 heavy (non-hydrogen) atoms. The molecule has 3 nitrogen and oxygen atoms in total. The van der Waals surface area contributed by atoms with Crippen LogP contribution in [0.5, 0.6) is 0 Å². The molecule has 5 heteroatoms. The molecule has 98 valence electrons. The molecule has 0 aliphatic rings. The van der Waals surface area contributed by atoms with Crippen molar-refractivity contribution in [3.63, 3.8) is 0 Å². The van der Waals surface area contributed by atoms with E-state index < -0.39 is 9.84 Å². The van der Waals surface area contributed by atoms with E-state index in [4.69, 9.17) is 0 Å². The molecule has 0 unspecified atom stereocenters. The summed E-state index contributed by atoms with van der Waals surface area (Å²) in [5.41, 5.74) is 0.738. The lowest BCUT2D eigenvalue weighted by Crippen LogP contribution is -2.15. The van der Waals surface area contributed by atoms with Gasteiger partial charge in [0.05, 0.1) is 11.3 Å². The van der Waals surface area contributed by atoms with E-state index in [-0.39, 0.29) is 17.3 Å². The van der Waals surface area contributed by atoms with Crippen molar-refractivity contribution < 1.29 is 12.8 Å². The molecule has 0 bridgehead atoms. The Kier molecular flexibility index (Phi) is 3.71. The van der Waals surface area contributed by atoms with Crippen LogP contribution in [0.15, 0.2) is 30.5 Å². The van der Waals surface area contributed by atoms with Crippen LogP contribution in [-0.2, 0) is 16.4 Å². The summed E-state index contributed by atoms with van der Waals surface area (Å²) in [6.07, 6.45) is 2.43. The third-order valence-corrected chi connectivity index (χ3v) is 4.73. The van der Waals surface area contributed by atoms with Crippen LogP contribution in [0.2, 0.25) is 0 Å². The van der Waals surface area contributed by atoms with Crippen molar-refractivity contribution in [3.05, 3.63) is 36.3 Å². The molecule has 1 aromatic heterocycles. The molecule has 0 aliphatic heterocycles. The van der Waals surface area contributed by atoms with Crippen molar-refractivity contribution in [1.82, 2.24) is 4.57 Å². The zero-order valence-corrected chi connectivity index (χ0v) is 11.1. The van der Waals surface area contributed by atoms with Gasteiger partial charge in [0.2, 0.25) is 0 Å². The molecule has 1 aromatic carbocycles. The van der Waals surface area contributed by atoms with Gasteiger partial charge in [0, 0.05) is 18.5 Å². The molecular formula is C13H16FNO2S. The van der Waals surface area contributed by atoms with Crippen LogP contribution in [0, 0.1) is 5.82 Å². The Morgan fingerprint density at radius 1 is 1.22 bits per heavy atom. The summed E-state index contributed by atoms with van der Waals surface area (Å²) in [6.45, 7) is 2.22. The Labute approximate surface area is 106 Å². The number of hydrogen-bond acceptors (Lipinski definition) is 2. The number of fused-ring (bicyclic) bond motifs is 1. The molecule has 2 aromatic rings. The minimum atomic E-state index is -3.00. The fourth-order valence-electron chi connectivity index (χ4n) is 2.00. The Hall–Kier alpha value is -1.36. The first kappa shape index (κ1) is 13.1. The summed E-state index contributed by atoms with van der Waals surface area (Å²) in [5, 5.41) is 0.921. The van der Waals surface area contributed by atoms with Crippen LogP contribution in [0.1, 0.15) is 13.3 Å². The van der Waals surface area contributed by atoms with E-state index in [9.17, 15) is 12.8 Å². The van der Waals surface area contributed by atoms with Crippen LogP contribution in [0.25, 0.3) is 10.9 Å². The van der Waals surface area contributed by atoms with Gasteiger partial charge in [0.15, 0.2) is 9.84 Å². The second-order valence-electron chi connectivity index (χ2n) is 4.36. The fourth-order valence-corrected chi connectivity index (χ4v) is 3.30. The number of sulfone groups is 1. The summed E-state index contributed by atoms with van der Waals surface area (Å²) in [5.74, 6) is 0.000631. The minimum Gasteiger partial charge on any atom is -0.346 e. The van der Waals surface area contributed by atoms with E-state index in [1.807, 2.05) is 13.0 Å². The normalized spacial score (nSPS) is 12.1. The van der Waals surface area contributed by atoms with Crippen molar-refractivity contribution in [2.75, 3.05) is 11.5 Å². The summed E-state index contributed by atoms with van der Waals surface area (Å²) < 4.78 is 38.2. The summed E-state index contributed by atoms with van der Waals surface area (Å²) >= 11 is 0. The first-order valence-corrected chi connectivity index (χ1v) is 7.79. The lowest BCUT2D eigenvalue weighted by molar-refractivity contribution is 0.588. The number of rotatable bonds is 5. The smallest absolute Gasteiger partial charge is 0.152 e. The summed E-state index contributed by atoms with van der Waals surface area (Å²) in [4.78, 5) is 0. The summed E-state index contributed by atoms with van der Waals surface area (Å²) in [7, 11) is -3.00. The minimum absolute atomic E-state index is 0.0983. The van der Waals surface area contributed by atoms with Crippen LogP contribution in [0.4, 0.5) is 4.39 Å². The predicted octanol–water partition coefficient (Wildman–Crippen LogP) is 2.61. The van der Waals surface area contributed by atoms with Gasteiger partial charge in [-0.05, 0) is 36.1 Å². The first-order chi connectivity index (χ1) is 8.52. The van der Waals surface area contributed by atoms with E-state index in [1.165, 1.54) is 12.1 Å². The number of halogens is 1. The highest BCUT2D eigenvalue weighted by Crippen LogP contribution is 2.17. The SMILES string of the molecule is CCCS(=O)(=O)CCn1ccc2ccc(F)cc21. The highest BCUT2D eigenvalue weighted by molar-refractivity contribution is 7.91. The van der Waals surface area contributed by atoms with Crippen LogP contribution in [0.3, 0.4) is 0 Å². The Morgan fingerprint density at radius 3 is 2.72 bits per heavy atom. The van der Waals surface area contributed by atoms with Gasteiger partial charge in [-0.2, -0.15) is 0 Å². The average molecular weight is 269 g/mol. The van der Waals surface area contributed by atoms with Crippen LogP contribution in [-0.4, -0.2) is 24.5 Å². The number of nitrogens with zero attached hydrogens (tertiary/aromatic N) is 1. The van der Waals surface area contributed by atoms with Gasteiger partial charge in [-0.15, -0.1) is 0 Å². The topological polar surface area (TPSA) is 39.1 Å². The standard InChI is InChI=1S/C13H16FNO2S/c1-2-8-18(16,17)9-7-15-6-5-11-3-4-12(14)10-13(11)15/h3-6,10H,2,7-9H2,1H3. The van der Waals surface area contributed by atoms with Crippen molar-refractivity contribution >= 4 is 20.7 Å². The molecule has 0 saturated carbocycles. The van der Waals surface area contributed by atoms with Crippen molar-refractivity contribution in [2.24, 2.45) is 0 Å². The molecule has 0 spiro atoms. The van der Waals surface area contributed by atoms with Gasteiger partial charge < -0.3 is 4.57 Å². The van der Waals surface area contributed by atoms with Gasteiger partial charge in [0.1, 0.15) is 5.82 Å². The average Bonchev–Trinajstić information content (AvgIpc) is 2.69. The van der Waals surface area contributed by atoms with Gasteiger partial charge in [0.25, 0.3) is 0 Å². The van der Waals surface area contributed by atoms with Crippen molar-refractivity contribution in [3.8, 4) is 0 Å². The monoisotopic (exact) mass is 269 g/mol. The maximum absolute atomic E-state index is 13.2. The zero-order valence-electron chi connectivity index (χ0n) is 10.3. The quantitative estimate of drug-likeness (QED) is 0.837. The maximum Gasteiger partial charge on any atom is 0.152 e. The van der Waals surface area contributed by atoms with Gasteiger partial charge in [-0.25, -0.2) is 12.8 Å². The van der Waals surface area contributed by atoms with Gasteiger partial charge in [-0.3, -0.25) is 0 Å². The lowest BCUT2D eigenvalue weighted by Gasteiger charge is -2.06. The Morgan fingerprint density at radius 2 is 2.00 bits per heavy atom. The molecular weight excluding hydrogens is 253 g/mol. The number of aromatic nitrogens is 1. The Bertz CT molecular complexity index is 646. The molecule has 0 N–H and O–H groups in total. The Balaban J connectivity index is 2.20. The molecule has 0 atom stereocenters. The molecule has 0 saturated heterocycles. The first-order valence-electron chi connectivity index (χ1n) is 5.96. The lowest BCUT2D eigenvalue weighted by atomic mass is 10.2. The largest absolute Gasteiger partial charge is 0.346 e. The van der Waals surface area contributed by atoms with E-state index in [0.29, 0.717) is 13.0 Å². The molecule has 0 radical (unpaired) electrons.